The van der Waals surface area contributed by atoms with E-state index < -0.39 is 42.0 Å². The fourth-order valence-corrected chi connectivity index (χ4v) is 2.32. The van der Waals surface area contributed by atoms with Crippen LogP contribution in [0, 0.1) is 0 Å². The predicted octanol–water partition coefficient (Wildman–Crippen LogP) is -2.16. The molecule has 9 heteroatoms. The van der Waals surface area contributed by atoms with E-state index in [1.165, 1.54) is 0 Å². The average Bonchev–Trinajstić information content (AvgIpc) is 2.65. The number of hydrogen-bond acceptors (Lipinski definition) is 6. The predicted molar refractivity (Wildman–Crippen MR) is 65.8 cm³/mol. The van der Waals surface area contributed by atoms with Crippen LogP contribution in [0.15, 0.2) is 21.9 Å². The normalized spacial score (nSPS) is 33.5. The Morgan fingerprint density at radius 3 is 2.80 bits per heavy atom. The number of aliphatic hydroxyl groups excluding tert-OH is 2. The van der Waals surface area contributed by atoms with Crippen molar-refractivity contribution in [2.24, 2.45) is 5.73 Å². The van der Waals surface area contributed by atoms with Crippen molar-refractivity contribution in [2.45, 2.75) is 30.5 Å². The van der Waals surface area contributed by atoms with Crippen LogP contribution >= 0.6 is 0 Å². The highest BCUT2D eigenvalue weighted by molar-refractivity contribution is 5.02. The Morgan fingerprint density at radius 2 is 2.25 bits per heavy atom. The van der Waals surface area contributed by atoms with Crippen molar-refractivity contribution in [1.29, 1.82) is 0 Å². The van der Waals surface area contributed by atoms with Gasteiger partial charge in [0.1, 0.15) is 11.7 Å². The molecule has 0 saturated carbocycles. The number of aromatic nitrogens is 2. The van der Waals surface area contributed by atoms with Gasteiger partial charge >= 0.3 is 5.69 Å². The molecule has 8 nitrogen and oxygen atoms in total. The third-order valence-corrected chi connectivity index (χ3v) is 3.43. The van der Waals surface area contributed by atoms with Crippen LogP contribution in [0.3, 0.4) is 0 Å². The number of nitrogens with two attached hydrogens (primary N) is 1. The van der Waals surface area contributed by atoms with Gasteiger partial charge in [0.2, 0.25) is 0 Å². The first-order valence-electron chi connectivity index (χ1n) is 6.07. The molecule has 2 rings (SSSR count). The molecule has 0 amide bonds. The third kappa shape index (κ3) is 2.29. The van der Waals surface area contributed by atoms with Crippen LogP contribution in [-0.2, 0) is 4.74 Å². The van der Waals surface area contributed by atoms with E-state index in [9.17, 15) is 24.2 Å². The second-order valence-electron chi connectivity index (χ2n) is 4.68. The Balaban J connectivity index is 2.39. The topological polar surface area (TPSA) is 131 Å². The summed E-state index contributed by atoms with van der Waals surface area (Å²) in [4.78, 5) is 24.6. The smallest absolute Gasteiger partial charge is 0.330 e. The van der Waals surface area contributed by atoms with Gasteiger partial charge in [-0.15, -0.1) is 0 Å². The van der Waals surface area contributed by atoms with Gasteiger partial charge in [0, 0.05) is 12.3 Å². The van der Waals surface area contributed by atoms with Gasteiger partial charge in [0.05, 0.1) is 6.61 Å². The summed E-state index contributed by atoms with van der Waals surface area (Å²) in [6, 6.07) is 1.03. The van der Waals surface area contributed by atoms with E-state index in [0.29, 0.717) is 0 Å². The second-order valence-corrected chi connectivity index (χ2v) is 4.68. The van der Waals surface area contributed by atoms with E-state index in [0.717, 1.165) is 16.8 Å². The van der Waals surface area contributed by atoms with E-state index >= 15 is 0 Å². The maximum absolute atomic E-state index is 14.2. The lowest BCUT2D eigenvalue weighted by Gasteiger charge is -2.29. The van der Waals surface area contributed by atoms with Crippen molar-refractivity contribution < 1.29 is 19.3 Å². The summed E-state index contributed by atoms with van der Waals surface area (Å²) in [7, 11) is 0. The van der Waals surface area contributed by atoms with Crippen molar-refractivity contribution in [1.82, 2.24) is 9.55 Å². The molecule has 1 aromatic rings. The Hall–Kier alpha value is -1.55. The minimum atomic E-state index is -1.93. The Labute approximate surface area is 112 Å². The number of aromatic amines is 1. The fraction of sp³-hybridized carbons (Fsp3) is 0.636. The highest BCUT2D eigenvalue weighted by atomic mass is 19.1. The van der Waals surface area contributed by atoms with Gasteiger partial charge in [0.15, 0.2) is 12.4 Å². The molecule has 0 bridgehead atoms. The van der Waals surface area contributed by atoms with Gasteiger partial charge < -0.3 is 20.7 Å². The largest absolute Gasteiger partial charge is 0.393 e. The molecule has 112 valence electrons. The zero-order valence-corrected chi connectivity index (χ0v) is 10.5. The molecule has 1 aliphatic heterocycles. The summed E-state index contributed by atoms with van der Waals surface area (Å²) in [5, 5.41) is 19.3. The van der Waals surface area contributed by atoms with Crippen molar-refractivity contribution in [3.05, 3.63) is 33.1 Å². The molecular formula is C11H16FN3O5. The quantitative estimate of drug-likeness (QED) is 0.499. The monoisotopic (exact) mass is 289 g/mol. The number of ether oxygens (including phenoxy) is 1. The van der Waals surface area contributed by atoms with Crippen molar-refractivity contribution in [2.75, 3.05) is 13.2 Å². The number of rotatable bonds is 4. The van der Waals surface area contributed by atoms with E-state index in [1.54, 1.807) is 0 Å². The average molecular weight is 289 g/mol. The molecule has 2 heterocycles. The SMILES string of the molecule is NCC[C@]1(CO)O[C@@H](n2ccc(=O)[nH]c2=O)[C@H](F)[C@@H]1O. The third-order valence-electron chi connectivity index (χ3n) is 3.43. The van der Waals surface area contributed by atoms with Gasteiger partial charge in [-0.05, 0) is 13.0 Å². The van der Waals surface area contributed by atoms with Gasteiger partial charge in [-0.1, -0.05) is 0 Å². The summed E-state index contributed by atoms with van der Waals surface area (Å²) in [5.41, 5.74) is 2.32. The highest BCUT2D eigenvalue weighted by Gasteiger charge is 2.55. The fourth-order valence-electron chi connectivity index (χ4n) is 2.32. The first-order valence-corrected chi connectivity index (χ1v) is 6.07. The summed E-state index contributed by atoms with van der Waals surface area (Å²) in [5.74, 6) is 0. The number of alkyl halides is 1. The lowest BCUT2D eigenvalue weighted by molar-refractivity contribution is -0.131. The summed E-state index contributed by atoms with van der Waals surface area (Å²) < 4.78 is 20.4. The van der Waals surface area contributed by atoms with Crippen LogP contribution in [-0.4, -0.2) is 50.8 Å². The van der Waals surface area contributed by atoms with E-state index in [2.05, 4.69) is 0 Å². The molecule has 1 fully saturated rings. The summed E-state index contributed by atoms with van der Waals surface area (Å²) in [6.07, 6.45) is -3.90. The number of H-pyrrole nitrogens is 1. The molecule has 20 heavy (non-hydrogen) atoms. The zero-order chi connectivity index (χ0) is 14.9. The number of hydrogen-bond donors (Lipinski definition) is 4. The number of halogens is 1. The van der Waals surface area contributed by atoms with Gasteiger partial charge in [0.25, 0.3) is 5.56 Å². The molecule has 1 aromatic heterocycles. The minimum absolute atomic E-state index is 0.0275. The molecule has 1 aliphatic rings. The standard InChI is InChI=1S/C11H16FN3O5/c12-7-8(18)11(5-16,2-3-13)20-9(7)15-4-1-6(17)14-10(15)19/h1,4,7-9,16,18H,2-3,5,13H2,(H,14,17,19)/t7-,8+,9-,11-/m1/s1. The molecule has 0 aromatic carbocycles. The van der Waals surface area contributed by atoms with Crippen LogP contribution in [0.5, 0.6) is 0 Å². The Kier molecular flexibility index (Phi) is 4.04. The van der Waals surface area contributed by atoms with Crippen LogP contribution in [0.2, 0.25) is 0 Å². The van der Waals surface area contributed by atoms with E-state index in [4.69, 9.17) is 10.5 Å². The number of nitrogens with zero attached hydrogens (tertiary/aromatic N) is 1. The van der Waals surface area contributed by atoms with Gasteiger partial charge in [-0.25, -0.2) is 9.18 Å². The maximum Gasteiger partial charge on any atom is 0.330 e. The van der Waals surface area contributed by atoms with Crippen LogP contribution in [0.25, 0.3) is 0 Å². The van der Waals surface area contributed by atoms with Crippen LogP contribution in [0.1, 0.15) is 12.6 Å². The van der Waals surface area contributed by atoms with Crippen LogP contribution < -0.4 is 17.0 Å². The molecule has 0 unspecified atom stereocenters. The molecule has 4 atom stereocenters. The second kappa shape index (κ2) is 5.44. The minimum Gasteiger partial charge on any atom is -0.393 e. The molecular weight excluding hydrogens is 273 g/mol. The van der Waals surface area contributed by atoms with Crippen molar-refractivity contribution in [3.63, 3.8) is 0 Å². The van der Waals surface area contributed by atoms with Crippen molar-refractivity contribution in [3.8, 4) is 0 Å². The first kappa shape index (κ1) is 14.9. The van der Waals surface area contributed by atoms with Gasteiger partial charge in [-0.3, -0.25) is 14.3 Å². The Bertz CT molecular complexity index is 588. The molecule has 0 spiro atoms. The lowest BCUT2D eigenvalue weighted by atomic mass is 9.93. The zero-order valence-electron chi connectivity index (χ0n) is 10.5. The molecule has 0 radical (unpaired) electrons. The van der Waals surface area contributed by atoms with Crippen LogP contribution in [0.4, 0.5) is 4.39 Å². The van der Waals surface area contributed by atoms with Gasteiger partial charge in [-0.2, -0.15) is 0 Å². The van der Waals surface area contributed by atoms with Crippen molar-refractivity contribution >= 4 is 0 Å². The molecule has 1 saturated heterocycles. The summed E-state index contributed by atoms with van der Waals surface area (Å²) >= 11 is 0. The number of nitrogens with one attached hydrogen (secondary N) is 1. The molecule has 5 N–H and O–H groups in total. The first-order chi connectivity index (χ1) is 9.45. The Morgan fingerprint density at radius 1 is 1.55 bits per heavy atom. The number of aliphatic hydroxyl groups is 2. The highest BCUT2D eigenvalue weighted by Crippen LogP contribution is 2.39. The summed E-state index contributed by atoms with van der Waals surface area (Å²) in [6.45, 7) is -0.571. The van der Waals surface area contributed by atoms with E-state index in [1.807, 2.05) is 4.98 Å². The van der Waals surface area contributed by atoms with E-state index in [-0.39, 0.29) is 13.0 Å². The maximum atomic E-state index is 14.2. The molecule has 0 aliphatic carbocycles. The lowest BCUT2D eigenvalue weighted by Crippen LogP contribution is -2.46.